The molecule has 2 heterocycles. The van der Waals surface area contributed by atoms with E-state index < -0.39 is 0 Å². The maximum Gasteiger partial charge on any atom is 0.193 e. The molecule has 0 aromatic carbocycles. The molecular weight excluding hydrogens is 437 g/mol. The van der Waals surface area contributed by atoms with Crippen molar-refractivity contribution in [2.24, 2.45) is 16.8 Å². The summed E-state index contributed by atoms with van der Waals surface area (Å²) >= 11 is 0. The Morgan fingerprint density at radius 1 is 1.08 bits per heavy atom. The SMILES string of the molecule is CCNC(=NCC(C)N1CCN(CC)CC1)N1CCC(CC(C)C)C1.I. The van der Waals surface area contributed by atoms with Gasteiger partial charge in [0.1, 0.15) is 0 Å². The van der Waals surface area contributed by atoms with Crippen LogP contribution in [0.1, 0.15) is 47.5 Å². The maximum atomic E-state index is 5.00. The summed E-state index contributed by atoms with van der Waals surface area (Å²) < 4.78 is 0. The van der Waals surface area contributed by atoms with Gasteiger partial charge in [-0.2, -0.15) is 0 Å². The van der Waals surface area contributed by atoms with Crippen LogP contribution in [0, 0.1) is 11.8 Å². The summed E-state index contributed by atoms with van der Waals surface area (Å²) in [4.78, 5) is 12.6. The predicted octanol–water partition coefficient (Wildman–Crippen LogP) is 2.96. The molecule has 1 N–H and O–H groups in total. The van der Waals surface area contributed by atoms with Crippen molar-refractivity contribution in [2.45, 2.75) is 53.5 Å². The van der Waals surface area contributed by atoms with Crippen LogP contribution in [0.25, 0.3) is 0 Å². The number of nitrogens with zero attached hydrogens (tertiary/aromatic N) is 4. The van der Waals surface area contributed by atoms with Gasteiger partial charge in [0.2, 0.25) is 0 Å². The molecule has 0 radical (unpaired) electrons. The first-order chi connectivity index (χ1) is 12.0. The third-order valence-corrected chi connectivity index (χ3v) is 5.71. The van der Waals surface area contributed by atoms with Crippen LogP contribution in [0.15, 0.2) is 4.99 Å². The highest BCUT2D eigenvalue weighted by atomic mass is 127. The van der Waals surface area contributed by atoms with Crippen LogP contribution in [0.5, 0.6) is 0 Å². The Hall–Kier alpha value is -0.0800. The number of halogens is 1. The molecule has 154 valence electrons. The Kier molecular flexibility index (Phi) is 11.4. The molecule has 0 saturated carbocycles. The highest BCUT2D eigenvalue weighted by Crippen LogP contribution is 2.23. The first kappa shape index (κ1) is 24.0. The zero-order valence-corrected chi connectivity index (χ0v) is 20.0. The number of hydrogen-bond donors (Lipinski definition) is 1. The van der Waals surface area contributed by atoms with Crippen LogP contribution in [0.3, 0.4) is 0 Å². The van der Waals surface area contributed by atoms with Gasteiger partial charge in [0.15, 0.2) is 5.96 Å². The fourth-order valence-electron chi connectivity index (χ4n) is 4.16. The van der Waals surface area contributed by atoms with Crippen molar-refractivity contribution in [3.05, 3.63) is 0 Å². The van der Waals surface area contributed by atoms with Crippen molar-refractivity contribution in [3.63, 3.8) is 0 Å². The van der Waals surface area contributed by atoms with Gasteiger partial charge >= 0.3 is 0 Å². The summed E-state index contributed by atoms with van der Waals surface area (Å²) in [7, 11) is 0. The molecule has 0 spiro atoms. The molecular formula is C20H42IN5. The Balaban J connectivity index is 0.00000338. The number of hydrogen-bond acceptors (Lipinski definition) is 3. The van der Waals surface area contributed by atoms with Gasteiger partial charge in [0.05, 0.1) is 6.54 Å². The quantitative estimate of drug-likeness (QED) is 0.346. The van der Waals surface area contributed by atoms with Gasteiger partial charge in [0.25, 0.3) is 0 Å². The fraction of sp³-hybridized carbons (Fsp3) is 0.950. The molecule has 0 amide bonds. The lowest BCUT2D eigenvalue weighted by Crippen LogP contribution is -2.50. The average molecular weight is 479 g/mol. The van der Waals surface area contributed by atoms with E-state index in [0.29, 0.717) is 6.04 Å². The van der Waals surface area contributed by atoms with Gasteiger partial charge in [-0.25, -0.2) is 0 Å². The molecule has 2 aliphatic rings. The van der Waals surface area contributed by atoms with Crippen LogP contribution in [-0.4, -0.2) is 85.6 Å². The monoisotopic (exact) mass is 479 g/mol. The van der Waals surface area contributed by atoms with E-state index in [9.17, 15) is 0 Å². The standard InChI is InChI=1S/C20H41N5.HI/c1-6-21-20(25-9-8-19(16-25)14-17(3)4)22-15-18(5)24-12-10-23(7-2)11-13-24;/h17-19H,6-16H2,1-5H3,(H,21,22);1H. The molecule has 6 heteroatoms. The molecule has 0 aliphatic carbocycles. The van der Waals surface area contributed by atoms with Gasteiger partial charge in [0, 0.05) is 51.9 Å². The largest absolute Gasteiger partial charge is 0.357 e. The van der Waals surface area contributed by atoms with Gasteiger partial charge < -0.3 is 15.1 Å². The van der Waals surface area contributed by atoms with E-state index in [1.807, 2.05) is 0 Å². The zero-order valence-electron chi connectivity index (χ0n) is 17.7. The van der Waals surface area contributed by atoms with E-state index in [0.717, 1.165) is 37.4 Å². The van der Waals surface area contributed by atoms with Crippen molar-refractivity contribution >= 4 is 29.9 Å². The van der Waals surface area contributed by atoms with E-state index >= 15 is 0 Å². The topological polar surface area (TPSA) is 34.1 Å². The fourth-order valence-corrected chi connectivity index (χ4v) is 4.16. The summed E-state index contributed by atoms with van der Waals surface area (Å²) in [6.45, 7) is 21.6. The summed E-state index contributed by atoms with van der Waals surface area (Å²) in [5.74, 6) is 2.77. The Bertz CT molecular complexity index is 407. The van der Waals surface area contributed by atoms with Crippen LogP contribution in [0.2, 0.25) is 0 Å². The molecule has 2 atom stereocenters. The molecule has 2 saturated heterocycles. The second-order valence-electron chi connectivity index (χ2n) is 8.24. The molecule has 2 rings (SSSR count). The van der Waals surface area contributed by atoms with Crippen LogP contribution < -0.4 is 5.32 Å². The average Bonchev–Trinajstić information content (AvgIpc) is 3.06. The number of piperazine rings is 1. The second-order valence-corrected chi connectivity index (χ2v) is 8.24. The van der Waals surface area contributed by atoms with Crippen molar-refractivity contribution < 1.29 is 0 Å². The highest BCUT2D eigenvalue weighted by Gasteiger charge is 2.26. The second kappa shape index (κ2) is 12.4. The molecule has 0 bridgehead atoms. The van der Waals surface area contributed by atoms with Gasteiger partial charge in [-0.3, -0.25) is 9.89 Å². The van der Waals surface area contributed by atoms with Crippen molar-refractivity contribution in [2.75, 3.05) is 58.9 Å². The summed E-state index contributed by atoms with van der Waals surface area (Å²) in [6, 6.07) is 0.529. The van der Waals surface area contributed by atoms with Crippen molar-refractivity contribution in [3.8, 4) is 0 Å². The van der Waals surface area contributed by atoms with E-state index in [4.69, 9.17) is 4.99 Å². The molecule has 2 aliphatic heterocycles. The lowest BCUT2D eigenvalue weighted by Gasteiger charge is -2.37. The van der Waals surface area contributed by atoms with Crippen LogP contribution >= 0.6 is 24.0 Å². The summed E-state index contributed by atoms with van der Waals surface area (Å²) in [5.41, 5.74) is 0. The van der Waals surface area contributed by atoms with Gasteiger partial charge in [-0.1, -0.05) is 20.8 Å². The third kappa shape index (κ3) is 7.50. The number of likely N-dealkylation sites (tertiary alicyclic amines) is 1. The first-order valence-corrected chi connectivity index (χ1v) is 10.5. The summed E-state index contributed by atoms with van der Waals surface area (Å²) in [5, 5.41) is 3.52. The lowest BCUT2D eigenvalue weighted by atomic mass is 9.97. The minimum atomic E-state index is 0. The number of rotatable bonds is 7. The Labute approximate surface area is 179 Å². The molecule has 0 aromatic heterocycles. The molecule has 2 unspecified atom stereocenters. The molecule has 5 nitrogen and oxygen atoms in total. The number of likely N-dealkylation sites (N-methyl/N-ethyl adjacent to an activating group) is 1. The normalized spacial score (nSPS) is 24.0. The first-order valence-electron chi connectivity index (χ1n) is 10.5. The highest BCUT2D eigenvalue weighted by molar-refractivity contribution is 14.0. The van der Waals surface area contributed by atoms with E-state index in [1.54, 1.807) is 0 Å². The molecule has 0 aromatic rings. The van der Waals surface area contributed by atoms with Gasteiger partial charge in [-0.05, 0) is 45.1 Å². The zero-order chi connectivity index (χ0) is 18.2. The minimum Gasteiger partial charge on any atom is -0.357 e. The van der Waals surface area contributed by atoms with E-state index in [1.165, 1.54) is 52.1 Å². The third-order valence-electron chi connectivity index (χ3n) is 5.71. The van der Waals surface area contributed by atoms with Crippen molar-refractivity contribution in [1.82, 2.24) is 20.0 Å². The van der Waals surface area contributed by atoms with Crippen molar-refractivity contribution in [1.29, 1.82) is 0 Å². The van der Waals surface area contributed by atoms with Crippen LogP contribution in [-0.2, 0) is 0 Å². The Morgan fingerprint density at radius 2 is 1.77 bits per heavy atom. The van der Waals surface area contributed by atoms with E-state index in [-0.39, 0.29) is 24.0 Å². The smallest absolute Gasteiger partial charge is 0.193 e. The summed E-state index contributed by atoms with van der Waals surface area (Å²) in [6.07, 6.45) is 2.66. The van der Waals surface area contributed by atoms with Gasteiger partial charge in [-0.15, -0.1) is 24.0 Å². The predicted molar refractivity (Wildman–Crippen MR) is 124 cm³/mol. The van der Waals surface area contributed by atoms with Crippen LogP contribution in [0.4, 0.5) is 0 Å². The molecule has 26 heavy (non-hydrogen) atoms. The number of nitrogens with one attached hydrogen (secondary N) is 1. The lowest BCUT2D eigenvalue weighted by molar-refractivity contribution is 0.109. The maximum absolute atomic E-state index is 5.00. The minimum absolute atomic E-state index is 0. The number of guanidine groups is 1. The number of aliphatic imine (C=N–C) groups is 1. The molecule has 2 fully saturated rings. The Morgan fingerprint density at radius 3 is 2.35 bits per heavy atom. The van der Waals surface area contributed by atoms with E-state index in [2.05, 4.69) is 54.6 Å².